The number of aromatic nitrogens is 1. The fraction of sp³-hybridized carbons (Fsp3) is 0.692. The highest BCUT2D eigenvalue weighted by molar-refractivity contribution is 6.02. The topological polar surface area (TPSA) is 70.7 Å². The fourth-order valence-electron chi connectivity index (χ4n) is 5.44. The van der Waals surface area contributed by atoms with Crippen LogP contribution in [0.5, 0.6) is 0 Å². The number of carbonyl (C=O) groups is 2. The number of amides is 2. The van der Waals surface area contributed by atoms with Gasteiger partial charge in [-0.1, -0.05) is 46.0 Å². The van der Waals surface area contributed by atoms with E-state index in [0.717, 1.165) is 63.7 Å². The maximum absolute atomic E-state index is 13.8. The van der Waals surface area contributed by atoms with Crippen LogP contribution in [-0.2, 0) is 11.3 Å². The third-order valence-electron chi connectivity index (χ3n) is 7.64. The molecule has 0 radical (unpaired) electrons. The van der Waals surface area contributed by atoms with E-state index in [1.807, 2.05) is 28.5 Å². The molecule has 1 unspecified atom stereocenters. The van der Waals surface area contributed by atoms with Crippen molar-refractivity contribution in [2.45, 2.75) is 90.3 Å². The van der Waals surface area contributed by atoms with Crippen LogP contribution in [0.15, 0.2) is 22.8 Å². The van der Waals surface area contributed by atoms with Crippen molar-refractivity contribution >= 4 is 22.9 Å². The van der Waals surface area contributed by atoms with Crippen molar-refractivity contribution in [3.8, 4) is 0 Å². The number of hydrogen-bond acceptors (Lipinski definition) is 4. The van der Waals surface area contributed by atoms with Gasteiger partial charge in [0, 0.05) is 31.3 Å². The predicted octanol–water partition coefficient (Wildman–Crippen LogP) is 4.41. The Morgan fingerprint density at radius 3 is 2.67 bits per heavy atom. The van der Waals surface area contributed by atoms with Gasteiger partial charge in [0.2, 0.25) is 5.91 Å². The van der Waals surface area contributed by atoms with Crippen LogP contribution < -0.4 is 5.32 Å². The highest BCUT2D eigenvalue weighted by atomic mass is 16.3. The van der Waals surface area contributed by atoms with Gasteiger partial charge < -0.3 is 24.1 Å². The van der Waals surface area contributed by atoms with E-state index >= 15 is 0 Å². The lowest BCUT2D eigenvalue weighted by atomic mass is 9.93. The summed E-state index contributed by atoms with van der Waals surface area (Å²) in [5.74, 6) is -0.118. The molecule has 2 aromatic rings. The Kier molecular flexibility index (Phi) is 7.47. The molecule has 0 bridgehead atoms. The second-order valence-corrected chi connectivity index (χ2v) is 9.97. The summed E-state index contributed by atoms with van der Waals surface area (Å²) in [5, 5.41) is 3.34. The smallest absolute Gasteiger partial charge is 0.271 e. The molecule has 1 aliphatic carbocycles. The second-order valence-electron chi connectivity index (χ2n) is 9.97. The summed E-state index contributed by atoms with van der Waals surface area (Å²) in [6.45, 7) is 10.00. The van der Waals surface area contributed by atoms with Crippen LogP contribution in [0, 0.1) is 0 Å². The predicted molar refractivity (Wildman–Crippen MR) is 130 cm³/mol. The highest BCUT2D eigenvalue weighted by Crippen LogP contribution is 2.33. The molecule has 3 heterocycles. The van der Waals surface area contributed by atoms with Gasteiger partial charge in [0.05, 0.1) is 18.3 Å². The maximum Gasteiger partial charge on any atom is 0.271 e. The SMILES string of the molecule is CCCCN(CC)CCN1C(=O)c2cc3occc3n2CC1(C)C(=O)NC1CCCCCC1. The van der Waals surface area contributed by atoms with Crippen molar-refractivity contribution in [3.63, 3.8) is 0 Å². The number of carbonyl (C=O) groups excluding carboxylic acids is 2. The van der Waals surface area contributed by atoms with Crippen molar-refractivity contribution in [1.29, 1.82) is 0 Å². The van der Waals surface area contributed by atoms with Crippen molar-refractivity contribution < 1.29 is 14.0 Å². The Balaban J connectivity index is 1.60. The molecular weight excluding hydrogens is 416 g/mol. The molecule has 2 aliphatic rings. The summed E-state index contributed by atoms with van der Waals surface area (Å²) in [6, 6.07) is 3.90. The number of likely N-dealkylation sites (N-methyl/N-ethyl adjacent to an activating group) is 1. The molecule has 4 rings (SSSR count). The molecule has 33 heavy (non-hydrogen) atoms. The lowest BCUT2D eigenvalue weighted by Gasteiger charge is -2.45. The minimum Gasteiger partial charge on any atom is -0.463 e. The number of hydrogen-bond donors (Lipinski definition) is 1. The molecule has 1 aliphatic heterocycles. The summed E-state index contributed by atoms with van der Waals surface area (Å²) in [4.78, 5) is 31.7. The summed E-state index contributed by atoms with van der Waals surface area (Å²) >= 11 is 0. The van der Waals surface area contributed by atoms with Gasteiger partial charge in [0.1, 0.15) is 11.2 Å². The van der Waals surface area contributed by atoms with Gasteiger partial charge in [-0.3, -0.25) is 9.59 Å². The number of fused-ring (bicyclic) bond motifs is 3. The Morgan fingerprint density at radius 1 is 1.21 bits per heavy atom. The molecule has 182 valence electrons. The van der Waals surface area contributed by atoms with Gasteiger partial charge >= 0.3 is 0 Å². The van der Waals surface area contributed by atoms with Crippen LogP contribution in [0.2, 0.25) is 0 Å². The standard InChI is InChI=1S/C26H40N4O3/c1-4-6-14-28(5-2)15-16-30-24(31)22-18-23-21(13-17-33-23)29(22)19-26(30,3)25(32)27-20-11-9-7-8-10-12-20/h13,17-18,20H,4-12,14-16,19H2,1-3H3,(H,27,32). The summed E-state index contributed by atoms with van der Waals surface area (Å²) in [7, 11) is 0. The second kappa shape index (κ2) is 10.3. The van der Waals surface area contributed by atoms with Crippen LogP contribution >= 0.6 is 0 Å². The Bertz CT molecular complexity index is 956. The molecule has 7 heteroatoms. The summed E-state index contributed by atoms with van der Waals surface area (Å²) < 4.78 is 7.55. The van der Waals surface area contributed by atoms with Crippen molar-refractivity contribution in [3.05, 3.63) is 24.1 Å². The first-order valence-corrected chi connectivity index (χ1v) is 12.9. The van der Waals surface area contributed by atoms with E-state index < -0.39 is 5.54 Å². The first kappa shape index (κ1) is 23.9. The molecule has 0 aromatic carbocycles. The molecule has 1 fully saturated rings. The van der Waals surface area contributed by atoms with Gasteiger partial charge in [-0.05, 0) is 39.3 Å². The Labute approximate surface area is 197 Å². The van der Waals surface area contributed by atoms with Gasteiger partial charge in [-0.25, -0.2) is 0 Å². The monoisotopic (exact) mass is 456 g/mol. The number of rotatable bonds is 9. The van der Waals surface area contributed by atoms with Crippen LogP contribution in [0.4, 0.5) is 0 Å². The quantitative estimate of drug-likeness (QED) is 0.568. The molecular formula is C26H40N4O3. The van der Waals surface area contributed by atoms with Gasteiger partial charge in [-0.2, -0.15) is 0 Å². The average molecular weight is 457 g/mol. The van der Waals surface area contributed by atoms with Crippen LogP contribution in [0.3, 0.4) is 0 Å². The van der Waals surface area contributed by atoms with Gasteiger partial charge in [-0.15, -0.1) is 0 Å². The molecule has 1 saturated carbocycles. The maximum atomic E-state index is 13.8. The lowest BCUT2D eigenvalue weighted by Crippen LogP contribution is -2.65. The fourth-order valence-corrected chi connectivity index (χ4v) is 5.44. The van der Waals surface area contributed by atoms with E-state index in [4.69, 9.17) is 4.42 Å². The largest absolute Gasteiger partial charge is 0.463 e. The minimum atomic E-state index is -0.941. The molecule has 2 aromatic heterocycles. The minimum absolute atomic E-state index is 0.0321. The Morgan fingerprint density at radius 2 is 1.97 bits per heavy atom. The van der Waals surface area contributed by atoms with Crippen LogP contribution in [0.25, 0.3) is 11.1 Å². The molecule has 1 N–H and O–H groups in total. The van der Waals surface area contributed by atoms with E-state index in [2.05, 4.69) is 24.1 Å². The van der Waals surface area contributed by atoms with Crippen LogP contribution in [0.1, 0.15) is 82.6 Å². The molecule has 7 nitrogen and oxygen atoms in total. The summed E-state index contributed by atoms with van der Waals surface area (Å²) in [5.41, 5.74) is 1.25. The van der Waals surface area contributed by atoms with E-state index in [1.54, 1.807) is 6.26 Å². The van der Waals surface area contributed by atoms with Gasteiger partial charge in [0.15, 0.2) is 5.58 Å². The first-order valence-electron chi connectivity index (χ1n) is 12.9. The van der Waals surface area contributed by atoms with Crippen molar-refractivity contribution in [2.24, 2.45) is 0 Å². The number of furan rings is 1. The normalized spacial score (nSPS) is 22.1. The van der Waals surface area contributed by atoms with Crippen LogP contribution in [-0.4, -0.2) is 63.9 Å². The third-order valence-corrected chi connectivity index (χ3v) is 7.64. The number of nitrogens with zero attached hydrogens (tertiary/aromatic N) is 3. The van der Waals surface area contributed by atoms with Crippen molar-refractivity contribution in [2.75, 3.05) is 26.2 Å². The average Bonchev–Trinajstić information content (AvgIpc) is 3.30. The molecule has 2 amide bonds. The lowest BCUT2D eigenvalue weighted by molar-refractivity contribution is -0.133. The third kappa shape index (κ3) is 4.84. The Hall–Kier alpha value is -2.28. The van der Waals surface area contributed by atoms with E-state index in [1.165, 1.54) is 12.8 Å². The first-order chi connectivity index (χ1) is 16.0. The van der Waals surface area contributed by atoms with E-state index in [9.17, 15) is 9.59 Å². The number of unbranched alkanes of at least 4 members (excludes halogenated alkanes) is 1. The zero-order valence-electron chi connectivity index (χ0n) is 20.6. The zero-order valence-corrected chi connectivity index (χ0v) is 20.6. The highest BCUT2D eigenvalue weighted by Gasteiger charge is 2.48. The van der Waals surface area contributed by atoms with E-state index in [-0.39, 0.29) is 17.9 Å². The van der Waals surface area contributed by atoms with E-state index in [0.29, 0.717) is 24.4 Å². The summed E-state index contributed by atoms with van der Waals surface area (Å²) in [6.07, 6.45) is 10.8. The van der Waals surface area contributed by atoms with Gasteiger partial charge in [0.25, 0.3) is 5.91 Å². The molecule has 1 atom stereocenters. The van der Waals surface area contributed by atoms with Crippen molar-refractivity contribution in [1.82, 2.24) is 19.7 Å². The molecule has 0 saturated heterocycles. The zero-order chi connectivity index (χ0) is 23.4. The number of nitrogens with one attached hydrogen (secondary N) is 1. The molecule has 0 spiro atoms.